The summed E-state index contributed by atoms with van der Waals surface area (Å²) in [6.45, 7) is 0. The predicted octanol–water partition coefficient (Wildman–Crippen LogP) is 2.47. The first-order chi connectivity index (χ1) is 6.24. The van der Waals surface area contributed by atoms with Crippen molar-refractivity contribution in [1.29, 1.82) is 0 Å². The van der Waals surface area contributed by atoms with Crippen molar-refractivity contribution < 1.29 is 9.53 Å². The van der Waals surface area contributed by atoms with E-state index < -0.39 is 5.24 Å². The lowest BCUT2D eigenvalue weighted by atomic mass is 10.2. The highest BCUT2D eigenvalue weighted by molar-refractivity contribution is 6.66. The summed E-state index contributed by atoms with van der Waals surface area (Å²) in [7, 11) is 1.58. The van der Waals surface area contributed by atoms with Gasteiger partial charge in [0.25, 0.3) is 0 Å². The number of carbonyl (C=O) groups excluding carboxylic acids is 1. The number of hydrogen-bond donors (Lipinski definition) is 0. The van der Waals surface area contributed by atoms with Gasteiger partial charge in [-0.1, -0.05) is 18.2 Å². The van der Waals surface area contributed by atoms with Gasteiger partial charge in [0, 0.05) is 5.56 Å². The predicted molar refractivity (Wildman–Crippen MR) is 52.9 cm³/mol. The molecular weight excluding hydrogens is 188 g/mol. The molecule has 1 aromatic rings. The minimum Gasteiger partial charge on any atom is -0.496 e. The maximum Gasteiger partial charge on any atom is 0.245 e. The molecule has 68 valence electrons. The van der Waals surface area contributed by atoms with Crippen molar-refractivity contribution in [2.24, 2.45) is 0 Å². The lowest BCUT2D eigenvalue weighted by Crippen LogP contribution is -1.86. The number of allylic oxidation sites excluding steroid dienone is 1. The first kappa shape index (κ1) is 9.81. The van der Waals surface area contributed by atoms with E-state index in [9.17, 15) is 4.79 Å². The molecule has 0 aliphatic rings. The summed E-state index contributed by atoms with van der Waals surface area (Å²) in [6, 6.07) is 7.38. The van der Waals surface area contributed by atoms with E-state index in [-0.39, 0.29) is 0 Å². The quantitative estimate of drug-likeness (QED) is 0.549. The lowest BCUT2D eigenvalue weighted by molar-refractivity contribution is -0.107. The summed E-state index contributed by atoms with van der Waals surface area (Å²) >= 11 is 5.16. The Morgan fingerprint density at radius 2 is 2.15 bits per heavy atom. The molecule has 0 aromatic heterocycles. The molecule has 0 radical (unpaired) electrons. The van der Waals surface area contributed by atoms with Crippen molar-refractivity contribution in [1.82, 2.24) is 0 Å². The fourth-order valence-electron chi connectivity index (χ4n) is 0.959. The highest BCUT2D eigenvalue weighted by Crippen LogP contribution is 2.18. The molecule has 0 aliphatic heterocycles. The van der Waals surface area contributed by atoms with Crippen molar-refractivity contribution in [2.45, 2.75) is 0 Å². The first-order valence-electron chi connectivity index (χ1n) is 3.74. The summed E-state index contributed by atoms with van der Waals surface area (Å²) in [5, 5.41) is -0.495. The summed E-state index contributed by atoms with van der Waals surface area (Å²) in [5.74, 6) is 0.719. The van der Waals surface area contributed by atoms with E-state index in [1.165, 1.54) is 6.08 Å². The van der Waals surface area contributed by atoms with Crippen LogP contribution >= 0.6 is 11.6 Å². The molecule has 0 saturated heterocycles. The van der Waals surface area contributed by atoms with Crippen molar-refractivity contribution in [3.8, 4) is 5.75 Å². The highest BCUT2D eigenvalue weighted by atomic mass is 35.5. The van der Waals surface area contributed by atoms with Crippen molar-refractivity contribution >= 4 is 22.9 Å². The van der Waals surface area contributed by atoms with Crippen molar-refractivity contribution in [3.63, 3.8) is 0 Å². The number of hydrogen-bond acceptors (Lipinski definition) is 2. The molecule has 0 spiro atoms. The molecule has 0 saturated carbocycles. The molecule has 1 aromatic carbocycles. The van der Waals surface area contributed by atoms with E-state index in [0.717, 1.165) is 11.3 Å². The smallest absolute Gasteiger partial charge is 0.245 e. The Hall–Kier alpha value is -1.28. The molecule has 0 atom stereocenters. The van der Waals surface area contributed by atoms with E-state index in [1.54, 1.807) is 13.2 Å². The Kier molecular flexibility index (Phi) is 3.53. The molecule has 0 fully saturated rings. The first-order valence-corrected chi connectivity index (χ1v) is 4.12. The minimum atomic E-state index is -0.495. The minimum absolute atomic E-state index is 0.495. The van der Waals surface area contributed by atoms with Crippen LogP contribution in [0.15, 0.2) is 30.3 Å². The lowest BCUT2D eigenvalue weighted by Gasteiger charge is -2.02. The van der Waals surface area contributed by atoms with Crippen LogP contribution in [-0.2, 0) is 4.79 Å². The van der Waals surface area contributed by atoms with E-state index in [2.05, 4.69) is 0 Å². The van der Waals surface area contributed by atoms with E-state index >= 15 is 0 Å². The summed E-state index contributed by atoms with van der Waals surface area (Å²) in [4.78, 5) is 10.5. The zero-order valence-electron chi connectivity index (χ0n) is 7.16. The molecular formula is C10H9ClO2. The summed E-state index contributed by atoms with van der Waals surface area (Å²) in [6.07, 6.45) is 2.91. The van der Waals surface area contributed by atoms with Gasteiger partial charge in [-0.2, -0.15) is 0 Å². The van der Waals surface area contributed by atoms with Crippen LogP contribution in [0.2, 0.25) is 0 Å². The molecule has 3 heteroatoms. The third kappa shape index (κ3) is 2.92. The third-order valence-corrected chi connectivity index (χ3v) is 1.66. The van der Waals surface area contributed by atoms with Gasteiger partial charge in [-0.15, -0.1) is 0 Å². The molecule has 0 heterocycles. The third-order valence-electron chi connectivity index (χ3n) is 1.53. The number of rotatable bonds is 3. The second kappa shape index (κ2) is 4.67. The van der Waals surface area contributed by atoms with Gasteiger partial charge in [-0.05, 0) is 29.8 Å². The molecule has 0 N–H and O–H groups in total. The van der Waals surface area contributed by atoms with Gasteiger partial charge in [0.2, 0.25) is 5.24 Å². The van der Waals surface area contributed by atoms with Crippen LogP contribution in [0.3, 0.4) is 0 Å². The molecule has 0 amide bonds. The van der Waals surface area contributed by atoms with Crippen LogP contribution in [0.25, 0.3) is 6.08 Å². The monoisotopic (exact) mass is 196 g/mol. The SMILES string of the molecule is COc1ccccc1/C=C/C(=O)Cl. The summed E-state index contributed by atoms with van der Waals surface area (Å²) in [5.41, 5.74) is 0.832. The van der Waals surface area contributed by atoms with Gasteiger partial charge < -0.3 is 4.74 Å². The molecule has 2 nitrogen and oxygen atoms in total. The number of carbonyl (C=O) groups is 1. The standard InChI is InChI=1S/C10H9ClO2/c1-13-9-5-3-2-4-8(9)6-7-10(11)12/h2-7H,1H3/b7-6+. The summed E-state index contributed by atoms with van der Waals surface area (Å²) < 4.78 is 5.07. The largest absolute Gasteiger partial charge is 0.496 e. The maximum absolute atomic E-state index is 10.5. The fraction of sp³-hybridized carbons (Fsp3) is 0.100. The Labute approximate surface area is 81.8 Å². The zero-order chi connectivity index (χ0) is 9.68. The van der Waals surface area contributed by atoms with E-state index in [0.29, 0.717) is 0 Å². The van der Waals surface area contributed by atoms with Gasteiger partial charge in [0.15, 0.2) is 0 Å². The van der Waals surface area contributed by atoms with Gasteiger partial charge in [-0.25, -0.2) is 0 Å². The normalized spacial score (nSPS) is 10.3. The van der Waals surface area contributed by atoms with E-state index in [1.807, 2.05) is 24.3 Å². The van der Waals surface area contributed by atoms with Crippen LogP contribution in [-0.4, -0.2) is 12.4 Å². The Balaban J connectivity index is 2.93. The van der Waals surface area contributed by atoms with Gasteiger partial charge >= 0.3 is 0 Å². The number of para-hydroxylation sites is 1. The Bertz CT molecular complexity index is 331. The number of ether oxygens (including phenoxy) is 1. The zero-order valence-corrected chi connectivity index (χ0v) is 7.91. The van der Waals surface area contributed by atoms with Crippen LogP contribution in [0, 0.1) is 0 Å². The van der Waals surface area contributed by atoms with Crippen LogP contribution in [0.5, 0.6) is 5.75 Å². The molecule has 13 heavy (non-hydrogen) atoms. The molecule has 0 aliphatic carbocycles. The highest BCUT2D eigenvalue weighted by Gasteiger charge is 1.96. The van der Waals surface area contributed by atoms with Crippen LogP contribution < -0.4 is 4.74 Å². The van der Waals surface area contributed by atoms with E-state index in [4.69, 9.17) is 16.3 Å². The average Bonchev–Trinajstić information content (AvgIpc) is 2.15. The Morgan fingerprint density at radius 1 is 1.46 bits per heavy atom. The number of methoxy groups -OCH3 is 1. The number of benzene rings is 1. The van der Waals surface area contributed by atoms with Gasteiger partial charge in [0.1, 0.15) is 5.75 Å². The maximum atomic E-state index is 10.5. The second-order valence-electron chi connectivity index (χ2n) is 2.38. The van der Waals surface area contributed by atoms with Crippen molar-refractivity contribution in [3.05, 3.63) is 35.9 Å². The van der Waals surface area contributed by atoms with Crippen LogP contribution in [0.1, 0.15) is 5.56 Å². The molecule has 0 bridgehead atoms. The second-order valence-corrected chi connectivity index (χ2v) is 2.75. The molecule has 1 rings (SSSR count). The van der Waals surface area contributed by atoms with Crippen molar-refractivity contribution in [2.75, 3.05) is 7.11 Å². The van der Waals surface area contributed by atoms with Gasteiger partial charge in [-0.3, -0.25) is 4.79 Å². The Morgan fingerprint density at radius 3 is 2.77 bits per heavy atom. The fourth-order valence-corrected chi connectivity index (χ4v) is 1.02. The average molecular weight is 197 g/mol. The van der Waals surface area contributed by atoms with Crippen LogP contribution in [0.4, 0.5) is 0 Å². The van der Waals surface area contributed by atoms with Gasteiger partial charge in [0.05, 0.1) is 7.11 Å². The topological polar surface area (TPSA) is 26.3 Å². The number of halogens is 1. The molecule has 0 unspecified atom stereocenters.